The average Bonchev–Trinajstić information content (AvgIpc) is 2.93. The van der Waals surface area contributed by atoms with Crippen LogP contribution in [0.5, 0.6) is 0 Å². The summed E-state index contributed by atoms with van der Waals surface area (Å²) in [5, 5.41) is 18.1. The molecule has 0 saturated carbocycles. The predicted octanol–water partition coefficient (Wildman–Crippen LogP) is 1.32. The van der Waals surface area contributed by atoms with Gasteiger partial charge >= 0.3 is 0 Å². The van der Waals surface area contributed by atoms with Crippen LogP contribution in [-0.2, 0) is 0 Å². The lowest BCUT2D eigenvalue weighted by Gasteiger charge is -2.12. The number of anilines is 1. The number of hydrogen-bond acceptors (Lipinski definition) is 6. The van der Waals surface area contributed by atoms with Gasteiger partial charge in [-0.2, -0.15) is 5.21 Å². The van der Waals surface area contributed by atoms with E-state index in [0.717, 1.165) is 16.7 Å². The Morgan fingerprint density at radius 3 is 2.94 bits per heavy atom. The summed E-state index contributed by atoms with van der Waals surface area (Å²) in [6.45, 7) is 1.95. The molecule has 0 aliphatic heterocycles. The molecule has 2 N–H and O–H groups in total. The second kappa shape index (κ2) is 4.36. The van der Waals surface area contributed by atoms with E-state index < -0.39 is 0 Å². The first kappa shape index (κ1) is 10.6. The van der Waals surface area contributed by atoms with E-state index in [0.29, 0.717) is 5.82 Å². The molecule has 2 heterocycles. The van der Waals surface area contributed by atoms with Crippen molar-refractivity contribution < 1.29 is 0 Å². The number of para-hydroxylation sites is 1. The van der Waals surface area contributed by atoms with E-state index in [4.69, 9.17) is 0 Å². The van der Waals surface area contributed by atoms with Gasteiger partial charge in [-0.25, -0.2) is 9.97 Å². The third-order valence-electron chi connectivity index (χ3n) is 2.65. The first-order valence-corrected chi connectivity index (χ1v) is 5.54. The van der Waals surface area contributed by atoms with Crippen molar-refractivity contribution in [2.75, 3.05) is 5.32 Å². The van der Waals surface area contributed by atoms with Crippen LogP contribution in [-0.4, -0.2) is 30.6 Å². The lowest BCUT2D eigenvalue weighted by Crippen LogP contribution is -2.10. The van der Waals surface area contributed by atoms with Crippen molar-refractivity contribution >= 4 is 16.7 Å². The minimum atomic E-state index is -0.0814. The third kappa shape index (κ3) is 1.86. The van der Waals surface area contributed by atoms with E-state index in [1.54, 1.807) is 0 Å². The van der Waals surface area contributed by atoms with E-state index in [-0.39, 0.29) is 6.04 Å². The largest absolute Gasteiger partial charge is 0.360 e. The van der Waals surface area contributed by atoms with Gasteiger partial charge in [0.1, 0.15) is 12.1 Å². The summed E-state index contributed by atoms with van der Waals surface area (Å²) in [5.41, 5.74) is 0.898. The molecule has 0 fully saturated rings. The zero-order valence-corrected chi connectivity index (χ0v) is 9.70. The van der Waals surface area contributed by atoms with Gasteiger partial charge in [0.25, 0.3) is 0 Å². The fourth-order valence-electron chi connectivity index (χ4n) is 1.74. The summed E-state index contributed by atoms with van der Waals surface area (Å²) in [6, 6.07) is 7.74. The topological polar surface area (TPSA) is 92.3 Å². The van der Waals surface area contributed by atoms with Gasteiger partial charge in [-0.15, -0.1) is 10.2 Å². The number of nitrogens with one attached hydrogen (secondary N) is 2. The Bertz CT molecular complexity index is 644. The maximum absolute atomic E-state index is 4.25. The molecular formula is C11H11N7. The first-order chi connectivity index (χ1) is 8.84. The number of benzene rings is 1. The summed E-state index contributed by atoms with van der Waals surface area (Å²) >= 11 is 0. The van der Waals surface area contributed by atoms with Crippen molar-refractivity contribution in [2.45, 2.75) is 13.0 Å². The minimum absolute atomic E-state index is 0.0814. The molecule has 1 aromatic carbocycles. The van der Waals surface area contributed by atoms with Crippen LogP contribution in [0.3, 0.4) is 0 Å². The molecule has 0 aliphatic rings. The van der Waals surface area contributed by atoms with Crippen LogP contribution >= 0.6 is 0 Å². The van der Waals surface area contributed by atoms with Crippen LogP contribution in [0.25, 0.3) is 10.9 Å². The highest BCUT2D eigenvalue weighted by Gasteiger charge is 2.12. The Labute approximate surface area is 103 Å². The molecule has 18 heavy (non-hydrogen) atoms. The second-order valence-electron chi connectivity index (χ2n) is 3.88. The summed E-state index contributed by atoms with van der Waals surface area (Å²) < 4.78 is 0. The van der Waals surface area contributed by atoms with Crippen LogP contribution in [0.4, 0.5) is 5.82 Å². The van der Waals surface area contributed by atoms with Gasteiger partial charge in [0.2, 0.25) is 0 Å². The Morgan fingerprint density at radius 1 is 1.22 bits per heavy atom. The number of aromatic nitrogens is 6. The van der Waals surface area contributed by atoms with Crippen LogP contribution in [0.2, 0.25) is 0 Å². The molecule has 0 aliphatic carbocycles. The zero-order valence-electron chi connectivity index (χ0n) is 9.70. The molecule has 0 saturated heterocycles. The molecule has 3 aromatic rings. The van der Waals surface area contributed by atoms with Crippen molar-refractivity contribution in [3.8, 4) is 0 Å². The number of hydrogen-bond donors (Lipinski definition) is 2. The molecular weight excluding hydrogens is 230 g/mol. The number of fused-ring (bicyclic) bond motifs is 1. The van der Waals surface area contributed by atoms with Crippen LogP contribution < -0.4 is 5.32 Å². The second-order valence-corrected chi connectivity index (χ2v) is 3.88. The number of H-pyrrole nitrogens is 1. The number of rotatable bonds is 3. The van der Waals surface area contributed by atoms with E-state index in [1.807, 2.05) is 31.2 Å². The molecule has 7 heteroatoms. The summed E-state index contributed by atoms with van der Waals surface area (Å²) in [5.74, 6) is 1.36. The van der Waals surface area contributed by atoms with Gasteiger partial charge in [0.15, 0.2) is 5.82 Å². The first-order valence-electron chi connectivity index (χ1n) is 5.54. The predicted molar refractivity (Wildman–Crippen MR) is 65.8 cm³/mol. The summed E-state index contributed by atoms with van der Waals surface area (Å²) in [4.78, 5) is 8.46. The monoisotopic (exact) mass is 241 g/mol. The van der Waals surface area contributed by atoms with Gasteiger partial charge in [0, 0.05) is 5.39 Å². The van der Waals surface area contributed by atoms with Gasteiger partial charge in [-0.3, -0.25) is 0 Å². The smallest absolute Gasteiger partial charge is 0.196 e. The average molecular weight is 241 g/mol. The Hall–Kier alpha value is -2.57. The molecule has 1 unspecified atom stereocenters. The molecule has 7 nitrogen and oxygen atoms in total. The summed E-state index contributed by atoms with van der Waals surface area (Å²) in [7, 11) is 0. The highest BCUT2D eigenvalue weighted by atomic mass is 15.5. The van der Waals surface area contributed by atoms with E-state index >= 15 is 0 Å². The molecule has 0 spiro atoms. The highest BCUT2D eigenvalue weighted by Crippen LogP contribution is 2.21. The molecule has 0 amide bonds. The zero-order chi connectivity index (χ0) is 12.4. The SMILES string of the molecule is CC(Nc1ncnc2ccccc12)c1nn[nH]n1. The molecule has 1 atom stereocenters. The number of tetrazole rings is 1. The molecule has 3 rings (SSSR count). The summed E-state index contributed by atoms with van der Waals surface area (Å²) in [6.07, 6.45) is 1.54. The Balaban J connectivity index is 1.95. The molecule has 2 aromatic heterocycles. The van der Waals surface area contributed by atoms with Crippen molar-refractivity contribution in [2.24, 2.45) is 0 Å². The van der Waals surface area contributed by atoms with Gasteiger partial charge in [0.05, 0.1) is 11.6 Å². The molecule has 0 bridgehead atoms. The lowest BCUT2D eigenvalue weighted by molar-refractivity contribution is 0.789. The maximum Gasteiger partial charge on any atom is 0.196 e. The van der Waals surface area contributed by atoms with Crippen LogP contribution in [0.1, 0.15) is 18.8 Å². The van der Waals surface area contributed by atoms with E-state index in [2.05, 4.69) is 35.9 Å². The highest BCUT2D eigenvalue weighted by molar-refractivity contribution is 5.88. The number of aromatic amines is 1. The minimum Gasteiger partial charge on any atom is -0.360 e. The van der Waals surface area contributed by atoms with Crippen molar-refractivity contribution in [3.05, 3.63) is 36.4 Å². The van der Waals surface area contributed by atoms with Gasteiger partial charge in [-0.05, 0) is 19.1 Å². The van der Waals surface area contributed by atoms with Crippen molar-refractivity contribution in [3.63, 3.8) is 0 Å². The Morgan fingerprint density at radius 2 is 2.11 bits per heavy atom. The maximum atomic E-state index is 4.25. The standard InChI is InChI=1S/C11H11N7/c1-7(10-15-17-18-16-10)14-11-8-4-2-3-5-9(8)12-6-13-11/h2-7H,1H3,(H,12,13,14)(H,15,16,17,18). The van der Waals surface area contributed by atoms with Crippen molar-refractivity contribution in [1.29, 1.82) is 0 Å². The third-order valence-corrected chi connectivity index (χ3v) is 2.65. The number of nitrogens with zero attached hydrogens (tertiary/aromatic N) is 5. The molecule has 90 valence electrons. The Kier molecular flexibility index (Phi) is 2.56. The normalized spacial score (nSPS) is 12.5. The van der Waals surface area contributed by atoms with Gasteiger partial charge in [-0.1, -0.05) is 17.3 Å². The quantitative estimate of drug-likeness (QED) is 0.718. The lowest BCUT2D eigenvalue weighted by atomic mass is 10.2. The van der Waals surface area contributed by atoms with Crippen LogP contribution in [0.15, 0.2) is 30.6 Å². The molecule has 0 radical (unpaired) electrons. The van der Waals surface area contributed by atoms with Gasteiger partial charge < -0.3 is 5.32 Å². The van der Waals surface area contributed by atoms with E-state index in [1.165, 1.54) is 6.33 Å². The van der Waals surface area contributed by atoms with Crippen molar-refractivity contribution in [1.82, 2.24) is 30.6 Å². The van der Waals surface area contributed by atoms with Crippen LogP contribution in [0, 0.1) is 0 Å². The fourth-order valence-corrected chi connectivity index (χ4v) is 1.74. The fraction of sp³-hybridized carbons (Fsp3) is 0.182. The van der Waals surface area contributed by atoms with E-state index in [9.17, 15) is 0 Å².